The summed E-state index contributed by atoms with van der Waals surface area (Å²) in [6.45, 7) is 6.41. The van der Waals surface area contributed by atoms with Crippen LogP contribution in [-0.2, 0) is 23.9 Å². The van der Waals surface area contributed by atoms with E-state index in [2.05, 4.69) is 45.3 Å². The largest absolute Gasteiger partial charge is 0.501 e. The Morgan fingerprint density at radius 2 is 1.98 bits per heavy atom. The molecule has 0 radical (unpaired) electrons. The minimum atomic E-state index is -1.09. The van der Waals surface area contributed by atoms with Gasteiger partial charge in [0, 0.05) is 36.0 Å². The molecule has 6 atom stereocenters. The zero-order valence-corrected chi connectivity index (χ0v) is 26.6. The predicted octanol–water partition coefficient (Wildman–Crippen LogP) is 3.99. The molecule has 228 valence electrons. The molecule has 1 heterocycles. The molecule has 1 spiro atoms. The van der Waals surface area contributed by atoms with E-state index in [0.29, 0.717) is 24.3 Å². The monoisotopic (exact) mass is 650 g/mol. The third-order valence-corrected chi connectivity index (χ3v) is 9.54. The zero-order valence-electron chi connectivity index (χ0n) is 25.0. The lowest BCUT2D eigenvalue weighted by Crippen LogP contribution is -2.53. The second-order valence-corrected chi connectivity index (χ2v) is 12.3. The minimum Gasteiger partial charge on any atom is -0.501 e. The van der Waals surface area contributed by atoms with Gasteiger partial charge in [0.1, 0.15) is 5.76 Å². The highest BCUT2D eigenvalue weighted by atomic mass is 79.9. The summed E-state index contributed by atoms with van der Waals surface area (Å²) in [4.78, 5) is 45.4. The summed E-state index contributed by atoms with van der Waals surface area (Å²) in [6.07, 6.45) is 12.4. The first kappa shape index (κ1) is 31.0. The molecule has 5 rings (SSSR count). The number of methoxy groups -OCH3 is 2. The Hall–Kier alpha value is -3.47. The molecule has 0 saturated heterocycles. The van der Waals surface area contributed by atoms with E-state index in [4.69, 9.17) is 9.47 Å². The van der Waals surface area contributed by atoms with Crippen molar-refractivity contribution in [1.82, 2.24) is 10.6 Å². The fourth-order valence-corrected chi connectivity index (χ4v) is 6.96. The number of allylic oxidation sites excluding steroid dienone is 7. The van der Waals surface area contributed by atoms with Gasteiger partial charge in [-0.1, -0.05) is 52.4 Å². The van der Waals surface area contributed by atoms with E-state index >= 15 is 0 Å². The van der Waals surface area contributed by atoms with Gasteiger partial charge in [0.15, 0.2) is 0 Å². The van der Waals surface area contributed by atoms with E-state index < -0.39 is 23.5 Å². The lowest BCUT2D eigenvalue weighted by atomic mass is 9.78. The van der Waals surface area contributed by atoms with Crippen molar-refractivity contribution in [3.8, 4) is 0 Å². The SMILES string of the molecule is C=C[C@@H]1N(C(=O)CCOC)c2ccccc2N(CC2C(OC)=CC=C3C=C(Br)C=CC32)C(=O)C12C[C@H]2NC(=O)[C@H](C)NC. The molecule has 1 fully saturated rings. The summed E-state index contributed by atoms with van der Waals surface area (Å²) >= 11 is 3.58. The molecule has 4 aliphatic rings. The van der Waals surface area contributed by atoms with Gasteiger partial charge >= 0.3 is 0 Å². The summed E-state index contributed by atoms with van der Waals surface area (Å²) < 4.78 is 12.1. The molecule has 0 bridgehead atoms. The number of hydrogen-bond acceptors (Lipinski definition) is 6. The van der Waals surface area contributed by atoms with E-state index in [0.717, 1.165) is 15.8 Å². The number of rotatable bonds is 10. The normalized spacial score (nSPS) is 28.1. The molecule has 0 aromatic heterocycles. The number of fused-ring (bicyclic) bond motifs is 2. The molecule has 43 heavy (non-hydrogen) atoms. The van der Waals surface area contributed by atoms with Gasteiger partial charge in [-0.2, -0.15) is 0 Å². The number of hydrogen-bond donors (Lipinski definition) is 2. The average molecular weight is 652 g/mol. The third kappa shape index (κ3) is 5.52. The van der Waals surface area contributed by atoms with E-state index in [9.17, 15) is 14.4 Å². The maximum Gasteiger partial charge on any atom is 0.237 e. The van der Waals surface area contributed by atoms with Gasteiger partial charge in [-0.15, -0.1) is 6.58 Å². The number of carbonyl (C=O) groups excluding carboxylic acids is 3. The summed E-state index contributed by atoms with van der Waals surface area (Å²) in [6, 6.07) is 5.89. The Morgan fingerprint density at radius 3 is 2.65 bits per heavy atom. The van der Waals surface area contributed by atoms with E-state index in [-0.39, 0.29) is 42.6 Å². The maximum atomic E-state index is 15.0. The van der Waals surface area contributed by atoms with Crippen molar-refractivity contribution in [2.75, 3.05) is 44.2 Å². The van der Waals surface area contributed by atoms with Gasteiger partial charge in [-0.05, 0) is 50.3 Å². The van der Waals surface area contributed by atoms with Crippen LogP contribution < -0.4 is 20.4 Å². The van der Waals surface area contributed by atoms with Crippen molar-refractivity contribution < 1.29 is 23.9 Å². The number of nitrogens with one attached hydrogen (secondary N) is 2. The molecule has 1 saturated carbocycles. The van der Waals surface area contributed by atoms with Crippen LogP contribution in [0.5, 0.6) is 0 Å². The average Bonchev–Trinajstić information content (AvgIpc) is 3.74. The van der Waals surface area contributed by atoms with Crippen molar-refractivity contribution in [3.63, 3.8) is 0 Å². The number of benzene rings is 1. The summed E-state index contributed by atoms with van der Waals surface area (Å²) in [5.41, 5.74) is 1.27. The second-order valence-electron chi connectivity index (χ2n) is 11.4. The van der Waals surface area contributed by atoms with Gasteiger partial charge in [0.25, 0.3) is 0 Å². The van der Waals surface area contributed by atoms with Crippen molar-refractivity contribution in [1.29, 1.82) is 0 Å². The molecule has 3 aliphatic carbocycles. The fraction of sp³-hybridized carbons (Fsp3) is 0.424. The first-order valence-electron chi connectivity index (χ1n) is 14.5. The highest BCUT2D eigenvalue weighted by Gasteiger charge is 2.69. The molecule has 1 aromatic carbocycles. The van der Waals surface area contributed by atoms with Crippen LogP contribution in [0, 0.1) is 17.3 Å². The quantitative estimate of drug-likeness (QED) is 0.372. The first-order chi connectivity index (χ1) is 20.7. The highest BCUT2D eigenvalue weighted by Crippen LogP contribution is 2.57. The Labute approximate surface area is 261 Å². The molecule has 10 heteroatoms. The molecule has 3 unspecified atom stereocenters. The van der Waals surface area contributed by atoms with Crippen molar-refractivity contribution in [2.45, 2.75) is 37.9 Å². The van der Waals surface area contributed by atoms with Gasteiger partial charge in [-0.25, -0.2) is 0 Å². The highest BCUT2D eigenvalue weighted by molar-refractivity contribution is 9.11. The standard InChI is InChI=1S/C33H39BrN4O5/c1-6-29-33(18-28(33)36-31(40)20(2)35-3)32(41)37(25-9-7-8-10-26(25)38(29)30(39)15-16-42-4)19-24-23-13-12-22(34)17-21(23)11-14-27(24)43-5/h6-14,17,20,23-24,28-29,35H,1,15-16,18-19H2,2-5H3,(H,36,40)/t20-,23?,24?,28+,29-,33?/m0/s1. The Morgan fingerprint density at radius 1 is 1.23 bits per heavy atom. The maximum absolute atomic E-state index is 15.0. The minimum absolute atomic E-state index is 0.0127. The summed E-state index contributed by atoms with van der Waals surface area (Å²) in [7, 11) is 4.92. The van der Waals surface area contributed by atoms with Crippen LogP contribution in [-0.4, -0.2) is 70.3 Å². The second kappa shape index (κ2) is 12.6. The van der Waals surface area contributed by atoms with E-state index in [1.54, 1.807) is 44.1 Å². The van der Waals surface area contributed by atoms with Crippen molar-refractivity contribution in [2.24, 2.45) is 17.3 Å². The Balaban J connectivity index is 1.62. The van der Waals surface area contributed by atoms with Crippen LogP contribution in [0.15, 0.2) is 83.1 Å². The van der Waals surface area contributed by atoms with Crippen molar-refractivity contribution >= 4 is 45.0 Å². The number of carbonyl (C=O) groups is 3. The third-order valence-electron chi connectivity index (χ3n) is 9.05. The van der Waals surface area contributed by atoms with Crippen LogP contribution in [0.3, 0.4) is 0 Å². The van der Waals surface area contributed by atoms with Gasteiger partial charge in [0.2, 0.25) is 17.7 Å². The van der Waals surface area contributed by atoms with E-state index in [1.165, 1.54) is 0 Å². The lowest BCUT2D eigenvalue weighted by Gasteiger charge is -2.36. The molecular weight excluding hydrogens is 612 g/mol. The molecule has 3 amide bonds. The molecule has 1 aromatic rings. The molecule has 1 aliphatic heterocycles. The molecular formula is C33H39BrN4O5. The molecule has 9 nitrogen and oxygen atoms in total. The van der Waals surface area contributed by atoms with Crippen molar-refractivity contribution in [3.05, 3.63) is 83.1 Å². The summed E-state index contributed by atoms with van der Waals surface area (Å²) in [5, 5.41) is 6.04. The number of likely N-dealkylation sites (N-methyl/N-ethyl adjacent to an activating group) is 1. The number of nitrogens with zero attached hydrogens (tertiary/aromatic N) is 2. The first-order valence-corrected chi connectivity index (χ1v) is 15.3. The smallest absolute Gasteiger partial charge is 0.237 e. The number of anilines is 2. The Kier molecular flexibility index (Phi) is 9.10. The van der Waals surface area contributed by atoms with Gasteiger partial charge in [0.05, 0.1) is 49.0 Å². The van der Waals surface area contributed by atoms with Gasteiger partial charge < -0.3 is 29.9 Å². The zero-order chi connectivity index (χ0) is 30.9. The summed E-state index contributed by atoms with van der Waals surface area (Å²) in [5.74, 6) is 0.0336. The van der Waals surface area contributed by atoms with Crippen LogP contribution in [0.25, 0.3) is 0 Å². The lowest BCUT2D eigenvalue weighted by molar-refractivity contribution is -0.125. The number of para-hydroxylation sites is 2. The number of halogens is 1. The van der Waals surface area contributed by atoms with Crippen LogP contribution >= 0.6 is 15.9 Å². The van der Waals surface area contributed by atoms with E-state index in [1.807, 2.05) is 42.5 Å². The Bertz CT molecular complexity index is 1430. The molecule has 2 N–H and O–H groups in total. The number of ether oxygens (including phenoxy) is 2. The fourth-order valence-electron chi connectivity index (χ4n) is 6.54. The van der Waals surface area contributed by atoms with Gasteiger partial charge in [-0.3, -0.25) is 14.4 Å². The predicted molar refractivity (Wildman–Crippen MR) is 171 cm³/mol. The van der Waals surface area contributed by atoms with Crippen LogP contribution in [0.4, 0.5) is 11.4 Å². The van der Waals surface area contributed by atoms with Crippen LogP contribution in [0.1, 0.15) is 19.8 Å². The topological polar surface area (TPSA) is 100 Å². The van der Waals surface area contributed by atoms with Crippen LogP contribution in [0.2, 0.25) is 0 Å². The number of amides is 3.